The van der Waals surface area contributed by atoms with Gasteiger partial charge in [-0.15, -0.1) is 0 Å². The van der Waals surface area contributed by atoms with Crippen LogP contribution in [0, 0.1) is 0 Å². The first-order valence-corrected chi connectivity index (χ1v) is 8.05. The smallest absolute Gasteiger partial charge is 0.325 e. The number of hydrogen-bond donors (Lipinski definition) is 1. The molecule has 1 aromatic carbocycles. The van der Waals surface area contributed by atoms with Crippen molar-refractivity contribution in [2.45, 2.75) is 12.5 Å². The van der Waals surface area contributed by atoms with Gasteiger partial charge in [0.25, 0.3) is 5.91 Å². The predicted molar refractivity (Wildman–Crippen MR) is 86.4 cm³/mol. The van der Waals surface area contributed by atoms with Crippen molar-refractivity contribution in [1.29, 1.82) is 0 Å². The molecule has 0 unspecified atom stereocenters. The van der Waals surface area contributed by atoms with Gasteiger partial charge in [0.15, 0.2) is 0 Å². The molecule has 1 aromatic rings. The molecule has 0 aromatic heterocycles. The topological polar surface area (TPSA) is 79.0 Å². The van der Waals surface area contributed by atoms with Crippen LogP contribution in [-0.2, 0) is 19.9 Å². The van der Waals surface area contributed by atoms with E-state index in [-0.39, 0.29) is 12.5 Å². The number of nitrogens with one attached hydrogen (secondary N) is 1. The number of morpholine rings is 1. The molecule has 2 saturated heterocycles. The minimum absolute atomic E-state index is 0.262. The molecule has 3 rings (SSSR count). The van der Waals surface area contributed by atoms with Crippen molar-refractivity contribution in [2.24, 2.45) is 0 Å². The molecular formula is C16H18ClN3O4. The van der Waals surface area contributed by atoms with E-state index in [4.69, 9.17) is 16.3 Å². The fraction of sp³-hybridized carbons (Fsp3) is 0.438. The molecule has 128 valence electrons. The van der Waals surface area contributed by atoms with Crippen molar-refractivity contribution >= 4 is 29.4 Å². The molecule has 0 radical (unpaired) electrons. The fourth-order valence-corrected chi connectivity index (χ4v) is 2.99. The number of hydrogen-bond acceptors (Lipinski definition) is 4. The first-order valence-electron chi connectivity index (χ1n) is 7.67. The van der Waals surface area contributed by atoms with Crippen LogP contribution in [0.2, 0.25) is 5.02 Å². The highest BCUT2D eigenvalue weighted by Crippen LogP contribution is 2.29. The van der Waals surface area contributed by atoms with Crippen molar-refractivity contribution in [1.82, 2.24) is 15.1 Å². The molecular weight excluding hydrogens is 334 g/mol. The molecule has 24 heavy (non-hydrogen) atoms. The lowest BCUT2D eigenvalue weighted by atomic mass is 9.92. The van der Waals surface area contributed by atoms with Crippen molar-refractivity contribution < 1.29 is 19.1 Å². The first kappa shape index (κ1) is 16.7. The van der Waals surface area contributed by atoms with Gasteiger partial charge in [-0.05, 0) is 24.6 Å². The van der Waals surface area contributed by atoms with E-state index >= 15 is 0 Å². The van der Waals surface area contributed by atoms with Gasteiger partial charge in [-0.3, -0.25) is 14.5 Å². The SMILES string of the molecule is C[C@]1(c2ccc(Cl)cc2)NC(=O)N(CC(=O)N2CCOCC2)C1=O. The van der Waals surface area contributed by atoms with Crippen molar-refractivity contribution in [3.63, 3.8) is 0 Å². The van der Waals surface area contributed by atoms with Crippen molar-refractivity contribution in [3.8, 4) is 0 Å². The van der Waals surface area contributed by atoms with Gasteiger partial charge in [0.2, 0.25) is 5.91 Å². The second-order valence-corrected chi connectivity index (χ2v) is 6.38. The maximum absolute atomic E-state index is 12.8. The maximum atomic E-state index is 12.8. The van der Waals surface area contributed by atoms with Gasteiger partial charge < -0.3 is 15.0 Å². The summed E-state index contributed by atoms with van der Waals surface area (Å²) in [5, 5.41) is 3.21. The van der Waals surface area contributed by atoms with Gasteiger partial charge in [0.05, 0.1) is 13.2 Å². The molecule has 0 spiro atoms. The highest BCUT2D eigenvalue weighted by atomic mass is 35.5. The van der Waals surface area contributed by atoms with E-state index in [0.717, 1.165) is 4.90 Å². The van der Waals surface area contributed by atoms with Crippen LogP contribution in [0.25, 0.3) is 0 Å². The minimum atomic E-state index is -1.20. The zero-order valence-electron chi connectivity index (χ0n) is 13.3. The maximum Gasteiger partial charge on any atom is 0.325 e. The monoisotopic (exact) mass is 351 g/mol. The number of amides is 4. The number of ether oxygens (including phenoxy) is 1. The van der Waals surface area contributed by atoms with E-state index in [1.165, 1.54) is 0 Å². The summed E-state index contributed by atoms with van der Waals surface area (Å²) in [5.41, 5.74) is -0.584. The Balaban J connectivity index is 1.76. The van der Waals surface area contributed by atoms with Gasteiger partial charge in [-0.25, -0.2) is 4.79 Å². The molecule has 0 bridgehead atoms. The minimum Gasteiger partial charge on any atom is -0.378 e. The molecule has 2 fully saturated rings. The summed E-state index contributed by atoms with van der Waals surface area (Å²) < 4.78 is 5.20. The van der Waals surface area contributed by atoms with Crippen LogP contribution in [0.5, 0.6) is 0 Å². The van der Waals surface area contributed by atoms with Crippen LogP contribution < -0.4 is 5.32 Å². The third kappa shape index (κ3) is 2.97. The molecule has 8 heteroatoms. The summed E-state index contributed by atoms with van der Waals surface area (Å²) in [7, 11) is 0. The molecule has 0 saturated carbocycles. The van der Waals surface area contributed by atoms with E-state index < -0.39 is 17.5 Å². The number of imide groups is 1. The van der Waals surface area contributed by atoms with Crippen LogP contribution in [0.1, 0.15) is 12.5 Å². The number of rotatable bonds is 3. The number of carbonyl (C=O) groups is 3. The van der Waals surface area contributed by atoms with Gasteiger partial charge in [-0.2, -0.15) is 0 Å². The lowest BCUT2D eigenvalue weighted by Crippen LogP contribution is -2.47. The highest BCUT2D eigenvalue weighted by Gasteiger charge is 2.49. The zero-order chi connectivity index (χ0) is 17.3. The average molecular weight is 352 g/mol. The first-order chi connectivity index (χ1) is 11.4. The van der Waals surface area contributed by atoms with E-state index in [1.54, 1.807) is 36.1 Å². The Hall–Kier alpha value is -2.12. The molecule has 2 heterocycles. The molecule has 0 aliphatic carbocycles. The summed E-state index contributed by atoms with van der Waals surface area (Å²) in [5.74, 6) is -0.710. The number of urea groups is 1. The summed E-state index contributed by atoms with van der Waals surface area (Å²) in [6.07, 6.45) is 0. The standard InChI is InChI=1S/C16H18ClN3O4/c1-16(11-2-4-12(17)5-3-11)14(22)20(15(23)18-16)10-13(21)19-6-8-24-9-7-19/h2-5H,6-10H2,1H3,(H,18,23)/t16-/m1/s1. The number of benzene rings is 1. The largest absolute Gasteiger partial charge is 0.378 e. The fourth-order valence-electron chi connectivity index (χ4n) is 2.87. The number of halogens is 1. The predicted octanol–water partition coefficient (Wildman–Crippen LogP) is 0.966. The van der Waals surface area contributed by atoms with Gasteiger partial charge in [0.1, 0.15) is 12.1 Å². The normalized spacial score (nSPS) is 24.2. The summed E-state index contributed by atoms with van der Waals surface area (Å²) >= 11 is 5.87. The number of nitrogens with zero attached hydrogens (tertiary/aromatic N) is 2. The van der Waals surface area contributed by atoms with Gasteiger partial charge in [-0.1, -0.05) is 23.7 Å². The van der Waals surface area contributed by atoms with E-state index in [9.17, 15) is 14.4 Å². The Kier molecular flexibility index (Phi) is 4.47. The van der Waals surface area contributed by atoms with E-state index in [2.05, 4.69) is 5.32 Å². The summed E-state index contributed by atoms with van der Waals surface area (Å²) in [6, 6.07) is 6.12. The summed E-state index contributed by atoms with van der Waals surface area (Å²) in [4.78, 5) is 39.9. The molecule has 1 atom stereocenters. The lowest BCUT2D eigenvalue weighted by molar-refractivity contribution is -0.141. The molecule has 4 amide bonds. The van der Waals surface area contributed by atoms with Crippen LogP contribution in [0.4, 0.5) is 4.79 Å². The molecule has 2 aliphatic heterocycles. The average Bonchev–Trinajstić information content (AvgIpc) is 2.80. The summed E-state index contributed by atoms with van der Waals surface area (Å²) in [6.45, 7) is 3.22. The van der Waals surface area contributed by atoms with Crippen LogP contribution in [0.15, 0.2) is 24.3 Å². The second kappa shape index (κ2) is 6.41. The van der Waals surface area contributed by atoms with Gasteiger partial charge >= 0.3 is 6.03 Å². The van der Waals surface area contributed by atoms with Crippen LogP contribution in [-0.4, -0.2) is 60.5 Å². The molecule has 2 aliphatic rings. The third-order valence-electron chi connectivity index (χ3n) is 4.35. The Labute approximate surface area is 144 Å². The lowest BCUT2D eigenvalue weighted by Gasteiger charge is -2.28. The van der Waals surface area contributed by atoms with Gasteiger partial charge in [0, 0.05) is 18.1 Å². The van der Waals surface area contributed by atoms with Crippen molar-refractivity contribution in [2.75, 3.05) is 32.8 Å². The van der Waals surface area contributed by atoms with Crippen LogP contribution in [0.3, 0.4) is 0 Å². The van der Waals surface area contributed by atoms with E-state index in [1.807, 2.05) is 0 Å². The van der Waals surface area contributed by atoms with E-state index in [0.29, 0.717) is 36.9 Å². The zero-order valence-corrected chi connectivity index (χ0v) is 14.0. The Morgan fingerprint density at radius 2 is 1.88 bits per heavy atom. The third-order valence-corrected chi connectivity index (χ3v) is 4.61. The number of carbonyl (C=O) groups excluding carboxylic acids is 3. The van der Waals surface area contributed by atoms with Crippen LogP contribution >= 0.6 is 11.6 Å². The quantitative estimate of drug-likeness (QED) is 0.823. The highest BCUT2D eigenvalue weighted by molar-refractivity contribution is 6.30. The Morgan fingerprint density at radius 3 is 2.50 bits per heavy atom. The molecule has 1 N–H and O–H groups in total. The Morgan fingerprint density at radius 1 is 1.25 bits per heavy atom. The van der Waals surface area contributed by atoms with Crippen molar-refractivity contribution in [3.05, 3.63) is 34.9 Å². The Bertz CT molecular complexity index is 672. The molecule has 7 nitrogen and oxygen atoms in total. The second-order valence-electron chi connectivity index (χ2n) is 5.95.